The largest absolute Gasteiger partial charge is 0.396 e. The molecule has 1 fully saturated rings. The van der Waals surface area contributed by atoms with E-state index in [9.17, 15) is 13.5 Å². The van der Waals surface area contributed by atoms with E-state index in [0.29, 0.717) is 4.90 Å². The molecule has 0 aromatic heterocycles. The van der Waals surface area contributed by atoms with Gasteiger partial charge in [0.2, 0.25) is 0 Å². The van der Waals surface area contributed by atoms with Crippen molar-refractivity contribution in [2.75, 3.05) is 12.4 Å². The lowest BCUT2D eigenvalue weighted by Crippen LogP contribution is -2.40. The first-order valence-electron chi connectivity index (χ1n) is 6.02. The van der Waals surface area contributed by atoms with Crippen LogP contribution in [-0.2, 0) is 9.84 Å². The van der Waals surface area contributed by atoms with Gasteiger partial charge in [0.1, 0.15) is 0 Å². The standard InChI is InChI=1S/C13H16O3S/c14-9-13(6-3-7-13)11-8-17(15,16)12-5-2-1-4-10(11)12/h1-2,4-5,11,14H,3,6-9H2. The summed E-state index contributed by atoms with van der Waals surface area (Å²) < 4.78 is 24.2. The second-order valence-electron chi connectivity index (χ2n) is 5.25. The van der Waals surface area contributed by atoms with E-state index in [4.69, 9.17) is 0 Å². The third-order valence-electron chi connectivity index (χ3n) is 4.42. The second kappa shape index (κ2) is 3.56. The van der Waals surface area contributed by atoms with Crippen molar-refractivity contribution in [3.05, 3.63) is 29.8 Å². The minimum Gasteiger partial charge on any atom is -0.396 e. The summed E-state index contributed by atoms with van der Waals surface area (Å²) in [6.07, 6.45) is 2.98. The van der Waals surface area contributed by atoms with E-state index in [1.54, 1.807) is 12.1 Å². The Bertz CT molecular complexity index is 538. The Morgan fingerprint density at radius 2 is 2.00 bits per heavy atom. The lowest BCUT2D eigenvalue weighted by atomic mass is 9.60. The van der Waals surface area contributed by atoms with E-state index < -0.39 is 9.84 Å². The number of fused-ring (bicyclic) bond motifs is 1. The average Bonchev–Trinajstić information content (AvgIpc) is 2.52. The molecule has 0 bridgehead atoms. The molecule has 2 aliphatic rings. The van der Waals surface area contributed by atoms with Crippen molar-refractivity contribution in [3.63, 3.8) is 0 Å². The van der Waals surface area contributed by atoms with Crippen molar-refractivity contribution in [1.29, 1.82) is 0 Å². The van der Waals surface area contributed by atoms with Crippen molar-refractivity contribution in [1.82, 2.24) is 0 Å². The zero-order valence-corrected chi connectivity index (χ0v) is 10.4. The molecule has 0 spiro atoms. The molecule has 1 atom stereocenters. The summed E-state index contributed by atoms with van der Waals surface area (Å²) >= 11 is 0. The van der Waals surface area contributed by atoms with Crippen LogP contribution in [0.2, 0.25) is 0 Å². The van der Waals surface area contributed by atoms with Crippen molar-refractivity contribution < 1.29 is 13.5 Å². The van der Waals surface area contributed by atoms with Gasteiger partial charge in [-0.15, -0.1) is 0 Å². The van der Waals surface area contributed by atoms with Gasteiger partial charge in [-0.05, 0) is 24.5 Å². The number of hydrogen-bond donors (Lipinski definition) is 1. The molecule has 4 heteroatoms. The van der Waals surface area contributed by atoms with Gasteiger partial charge in [0.15, 0.2) is 9.84 Å². The predicted octanol–water partition coefficient (Wildman–Crippen LogP) is 1.72. The summed E-state index contributed by atoms with van der Waals surface area (Å²) in [5, 5.41) is 9.60. The van der Waals surface area contributed by atoms with E-state index in [-0.39, 0.29) is 23.7 Å². The Hall–Kier alpha value is -0.870. The highest BCUT2D eigenvalue weighted by atomic mass is 32.2. The van der Waals surface area contributed by atoms with Gasteiger partial charge in [-0.2, -0.15) is 0 Å². The quantitative estimate of drug-likeness (QED) is 0.872. The average molecular weight is 252 g/mol. The summed E-state index contributed by atoms with van der Waals surface area (Å²) in [5.41, 5.74) is 0.737. The summed E-state index contributed by atoms with van der Waals surface area (Å²) in [7, 11) is -3.14. The minimum atomic E-state index is -3.14. The number of sulfone groups is 1. The molecule has 3 nitrogen and oxygen atoms in total. The highest BCUT2D eigenvalue weighted by Gasteiger charge is 2.50. The van der Waals surface area contributed by atoms with Crippen molar-refractivity contribution in [2.24, 2.45) is 5.41 Å². The van der Waals surface area contributed by atoms with Gasteiger partial charge in [0.05, 0.1) is 10.6 Å². The summed E-state index contributed by atoms with van der Waals surface area (Å²) in [4.78, 5) is 0.477. The van der Waals surface area contributed by atoms with Crippen LogP contribution in [0.3, 0.4) is 0 Å². The first-order valence-corrected chi connectivity index (χ1v) is 7.67. The predicted molar refractivity (Wildman–Crippen MR) is 64.6 cm³/mol. The van der Waals surface area contributed by atoms with Crippen LogP contribution in [0.1, 0.15) is 30.7 Å². The monoisotopic (exact) mass is 252 g/mol. The molecule has 0 amide bonds. The Labute approximate surface area is 101 Å². The first-order chi connectivity index (χ1) is 8.09. The van der Waals surface area contributed by atoms with Gasteiger partial charge in [-0.3, -0.25) is 0 Å². The maximum absolute atomic E-state index is 12.1. The van der Waals surface area contributed by atoms with E-state index in [2.05, 4.69) is 0 Å². The Kier molecular flexibility index (Phi) is 2.35. The summed E-state index contributed by atoms with van der Waals surface area (Å²) in [6.45, 7) is 0.0987. The maximum Gasteiger partial charge on any atom is 0.179 e. The fourth-order valence-electron chi connectivity index (χ4n) is 3.20. The van der Waals surface area contributed by atoms with Crippen molar-refractivity contribution >= 4 is 9.84 Å². The van der Waals surface area contributed by atoms with Crippen LogP contribution in [0.4, 0.5) is 0 Å². The number of rotatable bonds is 2. The lowest BCUT2D eigenvalue weighted by Gasteiger charge is -2.45. The Morgan fingerprint density at radius 3 is 2.59 bits per heavy atom. The van der Waals surface area contributed by atoms with Gasteiger partial charge in [0.25, 0.3) is 0 Å². The third kappa shape index (κ3) is 1.47. The zero-order valence-electron chi connectivity index (χ0n) is 9.59. The Balaban J connectivity index is 2.11. The molecule has 17 heavy (non-hydrogen) atoms. The maximum atomic E-state index is 12.1. The van der Waals surface area contributed by atoms with Crippen LogP contribution in [0.15, 0.2) is 29.2 Å². The number of hydrogen-bond acceptors (Lipinski definition) is 3. The van der Waals surface area contributed by atoms with Crippen LogP contribution < -0.4 is 0 Å². The van der Waals surface area contributed by atoms with Crippen LogP contribution >= 0.6 is 0 Å². The lowest BCUT2D eigenvalue weighted by molar-refractivity contribution is 0.0237. The van der Waals surface area contributed by atoms with Crippen LogP contribution in [-0.4, -0.2) is 25.9 Å². The number of aliphatic hydroxyl groups excluding tert-OH is 1. The summed E-state index contributed by atoms with van der Waals surface area (Å²) in [6, 6.07) is 7.25. The van der Waals surface area contributed by atoms with E-state index >= 15 is 0 Å². The summed E-state index contributed by atoms with van der Waals surface area (Å²) in [5.74, 6) is 0.162. The SMILES string of the molecule is O=S1(=O)CC(C2(CO)CCC2)c2ccccc21. The topological polar surface area (TPSA) is 54.4 Å². The van der Waals surface area contributed by atoms with Gasteiger partial charge < -0.3 is 5.11 Å². The normalized spacial score (nSPS) is 28.4. The molecule has 1 aliphatic heterocycles. The number of benzene rings is 1. The molecule has 1 aliphatic carbocycles. The van der Waals surface area contributed by atoms with Crippen LogP contribution in [0, 0.1) is 5.41 Å². The molecule has 1 N–H and O–H groups in total. The second-order valence-corrected chi connectivity index (χ2v) is 7.25. The molecule has 1 aromatic carbocycles. The van der Waals surface area contributed by atoms with Crippen molar-refractivity contribution in [3.8, 4) is 0 Å². The van der Waals surface area contributed by atoms with Gasteiger partial charge in [0, 0.05) is 17.9 Å². The molecule has 0 radical (unpaired) electrons. The fraction of sp³-hybridized carbons (Fsp3) is 0.538. The molecular weight excluding hydrogens is 236 g/mol. The molecule has 1 heterocycles. The molecular formula is C13H16O3S. The fourth-order valence-corrected chi connectivity index (χ4v) is 5.21. The van der Waals surface area contributed by atoms with Gasteiger partial charge in [-0.25, -0.2) is 8.42 Å². The van der Waals surface area contributed by atoms with Gasteiger partial charge >= 0.3 is 0 Å². The van der Waals surface area contributed by atoms with Crippen LogP contribution in [0.5, 0.6) is 0 Å². The molecule has 1 saturated carbocycles. The van der Waals surface area contributed by atoms with E-state index in [1.807, 2.05) is 12.1 Å². The van der Waals surface area contributed by atoms with E-state index in [1.165, 1.54) is 0 Å². The molecule has 0 saturated heterocycles. The van der Waals surface area contributed by atoms with Crippen LogP contribution in [0.25, 0.3) is 0 Å². The zero-order chi connectivity index (χ0) is 12.1. The molecule has 3 rings (SSSR count). The van der Waals surface area contributed by atoms with Gasteiger partial charge in [-0.1, -0.05) is 24.6 Å². The molecule has 1 unspecified atom stereocenters. The third-order valence-corrected chi connectivity index (χ3v) is 6.23. The highest BCUT2D eigenvalue weighted by molar-refractivity contribution is 7.91. The Morgan fingerprint density at radius 1 is 1.29 bits per heavy atom. The molecule has 1 aromatic rings. The number of aliphatic hydroxyl groups is 1. The minimum absolute atomic E-state index is 0.0116. The smallest absolute Gasteiger partial charge is 0.179 e. The highest BCUT2D eigenvalue weighted by Crippen LogP contribution is 2.55. The van der Waals surface area contributed by atoms with Crippen molar-refractivity contribution in [2.45, 2.75) is 30.1 Å². The first kappa shape index (κ1) is 11.2. The molecule has 92 valence electrons. The van der Waals surface area contributed by atoms with E-state index in [0.717, 1.165) is 24.8 Å².